The van der Waals surface area contributed by atoms with Crippen LogP contribution in [0.25, 0.3) is 10.9 Å². The van der Waals surface area contributed by atoms with Crippen molar-refractivity contribution in [2.75, 3.05) is 5.32 Å². The molecule has 5 nitrogen and oxygen atoms in total. The number of pyridine rings is 1. The Balaban J connectivity index is 1.61. The van der Waals surface area contributed by atoms with E-state index in [0.717, 1.165) is 29.9 Å². The number of hydrogen-bond acceptors (Lipinski definition) is 2. The highest BCUT2D eigenvalue weighted by atomic mass is 19.4. The van der Waals surface area contributed by atoms with Crippen LogP contribution in [0.4, 0.5) is 23.7 Å². The standard InChI is InChI=1S/C22H20F3N3O2/c1-13-6-9-18-14(10-13)11-15(20(29)26-18)12-28(16-7-8-16)21(30)27-19-5-3-2-4-17(19)22(23,24)25/h2-6,9-11,16H,7-8,12H2,1H3,(H,26,29)(H,27,30). The van der Waals surface area contributed by atoms with Gasteiger partial charge in [-0.1, -0.05) is 23.8 Å². The lowest BCUT2D eigenvalue weighted by atomic mass is 10.1. The molecule has 8 heteroatoms. The lowest BCUT2D eigenvalue weighted by Crippen LogP contribution is -2.38. The number of fused-ring (bicyclic) bond motifs is 1. The van der Waals surface area contributed by atoms with Crippen molar-refractivity contribution in [1.82, 2.24) is 9.88 Å². The molecule has 0 aliphatic heterocycles. The topological polar surface area (TPSA) is 65.2 Å². The molecule has 0 atom stereocenters. The second-order valence-corrected chi connectivity index (χ2v) is 7.55. The molecular formula is C22H20F3N3O2. The minimum Gasteiger partial charge on any atom is -0.322 e. The van der Waals surface area contributed by atoms with Crippen LogP contribution in [0, 0.1) is 6.92 Å². The van der Waals surface area contributed by atoms with Gasteiger partial charge < -0.3 is 15.2 Å². The first kappa shape index (κ1) is 20.0. The van der Waals surface area contributed by atoms with Crippen LogP contribution >= 0.6 is 0 Å². The quantitative estimate of drug-likeness (QED) is 0.626. The normalized spacial score (nSPS) is 14.0. The molecule has 0 spiro atoms. The third-order valence-electron chi connectivity index (χ3n) is 5.14. The van der Waals surface area contributed by atoms with E-state index >= 15 is 0 Å². The number of alkyl halides is 3. The summed E-state index contributed by atoms with van der Waals surface area (Å²) < 4.78 is 39.7. The van der Waals surface area contributed by atoms with Crippen LogP contribution in [0.1, 0.15) is 29.5 Å². The molecule has 1 fully saturated rings. The summed E-state index contributed by atoms with van der Waals surface area (Å²) in [6.45, 7) is 1.95. The van der Waals surface area contributed by atoms with Crippen LogP contribution in [0.15, 0.2) is 53.3 Å². The minimum absolute atomic E-state index is 0.0178. The third kappa shape index (κ3) is 4.17. The number of nitrogens with zero attached hydrogens (tertiary/aromatic N) is 1. The van der Waals surface area contributed by atoms with Crippen LogP contribution in [-0.2, 0) is 12.7 Å². The van der Waals surface area contributed by atoms with Gasteiger partial charge in [0.25, 0.3) is 5.56 Å². The fraction of sp³-hybridized carbons (Fsp3) is 0.273. The lowest BCUT2D eigenvalue weighted by Gasteiger charge is -2.24. The molecule has 2 aromatic carbocycles. The summed E-state index contributed by atoms with van der Waals surface area (Å²) in [5.74, 6) is 0. The van der Waals surface area contributed by atoms with Crippen molar-refractivity contribution in [1.29, 1.82) is 0 Å². The first-order chi connectivity index (χ1) is 14.2. The summed E-state index contributed by atoms with van der Waals surface area (Å²) in [5.41, 5.74) is 0.577. The van der Waals surface area contributed by atoms with Crippen molar-refractivity contribution >= 4 is 22.6 Å². The second-order valence-electron chi connectivity index (χ2n) is 7.55. The number of carbonyl (C=O) groups excluding carboxylic acids is 1. The molecular weight excluding hydrogens is 395 g/mol. The Hall–Kier alpha value is -3.29. The number of H-pyrrole nitrogens is 1. The Morgan fingerprint density at radius 3 is 2.60 bits per heavy atom. The van der Waals surface area contributed by atoms with Crippen LogP contribution in [0.2, 0.25) is 0 Å². The Kier molecular flexibility index (Phi) is 5.01. The molecule has 3 aromatic rings. The van der Waals surface area contributed by atoms with Gasteiger partial charge in [0.15, 0.2) is 0 Å². The number of benzene rings is 2. The molecule has 1 aromatic heterocycles. The average molecular weight is 415 g/mol. The van der Waals surface area contributed by atoms with Gasteiger partial charge in [-0.25, -0.2) is 4.79 Å². The van der Waals surface area contributed by atoms with E-state index in [1.807, 2.05) is 25.1 Å². The summed E-state index contributed by atoms with van der Waals surface area (Å²) in [6.07, 6.45) is -3.08. The van der Waals surface area contributed by atoms with E-state index in [0.29, 0.717) is 11.1 Å². The zero-order valence-corrected chi connectivity index (χ0v) is 16.2. The number of aromatic amines is 1. The van der Waals surface area contributed by atoms with Crippen LogP contribution in [0.5, 0.6) is 0 Å². The van der Waals surface area contributed by atoms with Crippen molar-refractivity contribution in [2.45, 2.75) is 38.5 Å². The van der Waals surface area contributed by atoms with Crippen molar-refractivity contribution in [3.05, 3.63) is 75.6 Å². The number of carbonyl (C=O) groups is 1. The van der Waals surface area contributed by atoms with Crippen molar-refractivity contribution < 1.29 is 18.0 Å². The summed E-state index contributed by atoms with van der Waals surface area (Å²) in [7, 11) is 0. The first-order valence-electron chi connectivity index (χ1n) is 9.59. The minimum atomic E-state index is -4.58. The number of hydrogen-bond donors (Lipinski definition) is 2. The summed E-state index contributed by atoms with van der Waals surface area (Å²) >= 11 is 0. The number of rotatable bonds is 4. The highest BCUT2D eigenvalue weighted by Crippen LogP contribution is 2.35. The van der Waals surface area contributed by atoms with E-state index in [9.17, 15) is 22.8 Å². The van der Waals surface area contributed by atoms with E-state index in [1.165, 1.54) is 23.1 Å². The Labute approximate surface area is 170 Å². The molecule has 0 bridgehead atoms. The van der Waals surface area contributed by atoms with Crippen LogP contribution in [0.3, 0.4) is 0 Å². The Bertz CT molecular complexity index is 1170. The van der Waals surface area contributed by atoms with Crippen molar-refractivity contribution in [2.24, 2.45) is 0 Å². The second kappa shape index (κ2) is 7.51. The van der Waals surface area contributed by atoms with Gasteiger partial charge in [0.05, 0.1) is 17.8 Å². The molecule has 156 valence electrons. The number of nitrogens with one attached hydrogen (secondary N) is 2. The number of urea groups is 1. The van der Waals surface area contributed by atoms with Gasteiger partial charge in [0.1, 0.15) is 0 Å². The van der Waals surface area contributed by atoms with E-state index in [2.05, 4.69) is 10.3 Å². The number of aromatic nitrogens is 1. The summed E-state index contributed by atoms with van der Waals surface area (Å²) in [6, 6.07) is 11.5. The van der Waals surface area contributed by atoms with Crippen molar-refractivity contribution in [3.8, 4) is 0 Å². The number of para-hydroxylation sites is 1. The molecule has 30 heavy (non-hydrogen) atoms. The maximum atomic E-state index is 13.2. The van der Waals surface area contributed by atoms with Gasteiger partial charge in [-0.15, -0.1) is 0 Å². The van der Waals surface area contributed by atoms with Crippen LogP contribution in [-0.4, -0.2) is 22.0 Å². The fourth-order valence-electron chi connectivity index (χ4n) is 3.45. The maximum absolute atomic E-state index is 13.2. The highest BCUT2D eigenvalue weighted by molar-refractivity contribution is 5.90. The van der Waals surface area contributed by atoms with E-state index in [4.69, 9.17) is 0 Å². The van der Waals surface area contributed by atoms with E-state index in [1.54, 1.807) is 6.07 Å². The molecule has 1 heterocycles. The van der Waals surface area contributed by atoms with Gasteiger partial charge >= 0.3 is 12.2 Å². The lowest BCUT2D eigenvalue weighted by molar-refractivity contribution is -0.136. The summed E-state index contributed by atoms with van der Waals surface area (Å²) in [5, 5.41) is 3.22. The van der Waals surface area contributed by atoms with E-state index in [-0.39, 0.29) is 23.8 Å². The maximum Gasteiger partial charge on any atom is 0.418 e. The molecule has 0 radical (unpaired) electrons. The van der Waals surface area contributed by atoms with Gasteiger partial charge in [0.2, 0.25) is 0 Å². The molecule has 1 aliphatic carbocycles. The highest BCUT2D eigenvalue weighted by Gasteiger charge is 2.36. The predicted molar refractivity (Wildman–Crippen MR) is 108 cm³/mol. The van der Waals surface area contributed by atoms with Gasteiger partial charge in [0, 0.05) is 17.1 Å². The van der Waals surface area contributed by atoms with Gasteiger partial charge in [-0.05, 0) is 55.5 Å². The molecule has 1 saturated carbocycles. The molecule has 2 amide bonds. The zero-order valence-electron chi connectivity index (χ0n) is 16.2. The van der Waals surface area contributed by atoms with E-state index < -0.39 is 17.8 Å². The number of aryl methyl sites for hydroxylation is 1. The first-order valence-corrected chi connectivity index (χ1v) is 9.59. The molecule has 1 aliphatic rings. The average Bonchev–Trinajstić information content (AvgIpc) is 3.51. The monoisotopic (exact) mass is 415 g/mol. The van der Waals surface area contributed by atoms with Gasteiger partial charge in [-0.2, -0.15) is 13.2 Å². The number of amides is 2. The smallest absolute Gasteiger partial charge is 0.322 e. The Morgan fingerprint density at radius 1 is 1.17 bits per heavy atom. The van der Waals surface area contributed by atoms with Crippen molar-refractivity contribution in [3.63, 3.8) is 0 Å². The molecule has 4 rings (SSSR count). The SMILES string of the molecule is Cc1ccc2[nH]c(=O)c(CN(C(=O)Nc3ccccc3C(F)(F)F)C3CC3)cc2c1. The third-order valence-corrected chi connectivity index (χ3v) is 5.14. The fourth-order valence-corrected chi connectivity index (χ4v) is 3.45. The summed E-state index contributed by atoms with van der Waals surface area (Å²) in [4.78, 5) is 29.6. The molecule has 0 saturated heterocycles. The number of anilines is 1. The van der Waals surface area contributed by atoms with Crippen LogP contribution < -0.4 is 10.9 Å². The number of halogens is 3. The predicted octanol–water partition coefficient (Wildman–Crippen LogP) is 5.05. The molecule has 0 unspecified atom stereocenters. The van der Waals surface area contributed by atoms with Gasteiger partial charge in [-0.3, -0.25) is 4.79 Å². The largest absolute Gasteiger partial charge is 0.418 e. The molecule has 2 N–H and O–H groups in total. The zero-order chi connectivity index (χ0) is 21.5. The Morgan fingerprint density at radius 2 is 1.90 bits per heavy atom.